The monoisotopic (exact) mass is 360 g/mol. The zero-order valence-corrected chi connectivity index (χ0v) is 17.3. The molecule has 0 aromatic heterocycles. The van der Waals surface area contributed by atoms with E-state index in [2.05, 4.69) is 63.8 Å². The lowest BCUT2D eigenvalue weighted by molar-refractivity contribution is 0.288. The summed E-state index contributed by atoms with van der Waals surface area (Å²) in [7, 11) is 1.71. The van der Waals surface area contributed by atoms with Gasteiger partial charge in [0.05, 0.1) is 12.9 Å². The Hall–Kier alpha value is -2.28. The first-order valence-corrected chi connectivity index (χ1v) is 10.1. The minimum atomic E-state index is 0.816. The molecule has 0 aliphatic heterocycles. The van der Waals surface area contributed by atoms with E-state index in [-0.39, 0.29) is 0 Å². The number of fused-ring (bicyclic) bond motifs is 1. The SMILES string of the molecule is C=C(CC1=CCc2c1ccc(CCc1ccc(C)cc1C)c2CCC)OC. The normalized spacial score (nSPS) is 12.7. The van der Waals surface area contributed by atoms with Crippen LogP contribution in [0.3, 0.4) is 0 Å². The summed E-state index contributed by atoms with van der Waals surface area (Å²) in [5.41, 5.74) is 11.6. The zero-order valence-electron chi connectivity index (χ0n) is 17.3. The molecule has 0 fully saturated rings. The van der Waals surface area contributed by atoms with E-state index in [0.717, 1.165) is 37.9 Å². The van der Waals surface area contributed by atoms with Crippen LogP contribution in [0.5, 0.6) is 0 Å². The van der Waals surface area contributed by atoms with Crippen LogP contribution in [0.4, 0.5) is 0 Å². The average Bonchev–Trinajstić information content (AvgIpc) is 3.05. The highest BCUT2D eigenvalue weighted by molar-refractivity contribution is 5.76. The molecule has 142 valence electrons. The van der Waals surface area contributed by atoms with Crippen molar-refractivity contribution >= 4 is 5.57 Å². The molecule has 27 heavy (non-hydrogen) atoms. The Bertz CT molecular complexity index is 870. The maximum absolute atomic E-state index is 5.30. The van der Waals surface area contributed by atoms with Crippen LogP contribution < -0.4 is 0 Å². The van der Waals surface area contributed by atoms with E-state index in [1.54, 1.807) is 12.7 Å². The Morgan fingerprint density at radius 1 is 1.04 bits per heavy atom. The van der Waals surface area contributed by atoms with Crippen LogP contribution in [0.1, 0.15) is 58.7 Å². The molecule has 0 bridgehead atoms. The highest BCUT2D eigenvalue weighted by Gasteiger charge is 2.20. The molecular formula is C26H32O. The van der Waals surface area contributed by atoms with Crippen molar-refractivity contribution in [1.29, 1.82) is 0 Å². The highest BCUT2D eigenvalue weighted by Crippen LogP contribution is 2.36. The van der Waals surface area contributed by atoms with Crippen LogP contribution in [0, 0.1) is 13.8 Å². The summed E-state index contributed by atoms with van der Waals surface area (Å²) >= 11 is 0. The number of ether oxygens (including phenoxy) is 1. The van der Waals surface area contributed by atoms with Crippen molar-refractivity contribution in [2.24, 2.45) is 0 Å². The zero-order chi connectivity index (χ0) is 19.4. The molecule has 0 radical (unpaired) electrons. The van der Waals surface area contributed by atoms with Gasteiger partial charge in [0.1, 0.15) is 0 Å². The number of aryl methyl sites for hydroxylation is 4. The molecule has 0 amide bonds. The van der Waals surface area contributed by atoms with Gasteiger partial charge in [0.2, 0.25) is 0 Å². The number of rotatable bonds is 8. The first-order chi connectivity index (χ1) is 13.0. The van der Waals surface area contributed by atoms with Crippen LogP contribution in [-0.4, -0.2) is 7.11 Å². The summed E-state index contributed by atoms with van der Waals surface area (Å²) in [6, 6.07) is 11.5. The third kappa shape index (κ3) is 4.35. The van der Waals surface area contributed by atoms with Gasteiger partial charge in [-0.05, 0) is 78.5 Å². The summed E-state index contributed by atoms with van der Waals surface area (Å²) in [4.78, 5) is 0. The van der Waals surface area contributed by atoms with E-state index >= 15 is 0 Å². The summed E-state index contributed by atoms with van der Waals surface area (Å²) in [6.45, 7) is 10.7. The molecule has 3 rings (SSSR count). The Balaban J connectivity index is 1.84. The molecule has 0 heterocycles. The minimum absolute atomic E-state index is 0.816. The number of allylic oxidation sites excluding steroid dienone is 2. The van der Waals surface area contributed by atoms with Gasteiger partial charge in [-0.1, -0.05) is 61.9 Å². The van der Waals surface area contributed by atoms with Gasteiger partial charge in [-0.3, -0.25) is 0 Å². The van der Waals surface area contributed by atoms with Gasteiger partial charge >= 0.3 is 0 Å². The van der Waals surface area contributed by atoms with E-state index < -0.39 is 0 Å². The third-order valence-corrected chi connectivity index (χ3v) is 5.76. The fraction of sp³-hybridized carbons (Fsp3) is 0.385. The Kier molecular flexibility index (Phi) is 6.21. The van der Waals surface area contributed by atoms with Crippen LogP contribution in [0.25, 0.3) is 5.57 Å². The van der Waals surface area contributed by atoms with Crippen molar-refractivity contribution < 1.29 is 4.74 Å². The second-order valence-electron chi connectivity index (χ2n) is 7.76. The molecule has 1 nitrogen and oxygen atoms in total. The lowest BCUT2D eigenvalue weighted by Gasteiger charge is -2.17. The first-order valence-electron chi connectivity index (χ1n) is 10.1. The molecule has 0 saturated carbocycles. The lowest BCUT2D eigenvalue weighted by atomic mass is 9.89. The first kappa shape index (κ1) is 19.5. The van der Waals surface area contributed by atoms with Crippen molar-refractivity contribution in [3.05, 3.63) is 87.7 Å². The van der Waals surface area contributed by atoms with E-state index in [1.807, 2.05) is 0 Å². The third-order valence-electron chi connectivity index (χ3n) is 5.76. The van der Waals surface area contributed by atoms with Gasteiger partial charge in [-0.25, -0.2) is 0 Å². The van der Waals surface area contributed by atoms with E-state index in [9.17, 15) is 0 Å². The minimum Gasteiger partial charge on any atom is -0.501 e. The van der Waals surface area contributed by atoms with E-state index in [1.165, 1.54) is 45.4 Å². The Labute approximate surface area is 164 Å². The Morgan fingerprint density at radius 2 is 1.78 bits per heavy atom. The predicted molar refractivity (Wildman–Crippen MR) is 116 cm³/mol. The Morgan fingerprint density at radius 3 is 2.48 bits per heavy atom. The fourth-order valence-corrected chi connectivity index (χ4v) is 4.25. The smallest absolute Gasteiger partial charge is 0.0927 e. The van der Waals surface area contributed by atoms with Crippen LogP contribution >= 0.6 is 0 Å². The van der Waals surface area contributed by atoms with E-state index in [4.69, 9.17) is 4.74 Å². The van der Waals surface area contributed by atoms with Gasteiger partial charge < -0.3 is 4.74 Å². The maximum atomic E-state index is 5.30. The summed E-state index contributed by atoms with van der Waals surface area (Å²) in [6.07, 6.45) is 8.81. The molecule has 1 aliphatic carbocycles. The molecule has 1 aliphatic rings. The van der Waals surface area contributed by atoms with Gasteiger partial charge in [-0.2, -0.15) is 0 Å². The lowest BCUT2D eigenvalue weighted by Crippen LogP contribution is -2.04. The summed E-state index contributed by atoms with van der Waals surface area (Å²) in [5.74, 6) is 0.838. The van der Waals surface area contributed by atoms with Crippen molar-refractivity contribution in [2.75, 3.05) is 7.11 Å². The second kappa shape index (κ2) is 8.61. The summed E-state index contributed by atoms with van der Waals surface area (Å²) < 4.78 is 5.30. The van der Waals surface area contributed by atoms with Crippen molar-refractivity contribution in [3.8, 4) is 0 Å². The molecule has 0 N–H and O–H groups in total. The van der Waals surface area contributed by atoms with Crippen molar-refractivity contribution in [1.82, 2.24) is 0 Å². The standard InChI is InChI=1S/C26H32O/c1-6-7-24-22(11-10-21-9-8-18(2)16-19(21)3)12-14-25-23(13-15-26(24)25)17-20(4)27-5/h8-9,12-14,16H,4,6-7,10-11,15,17H2,1-3,5H3. The molecule has 0 spiro atoms. The van der Waals surface area contributed by atoms with Crippen LogP contribution in [0.15, 0.2) is 48.7 Å². The quantitative estimate of drug-likeness (QED) is 0.486. The number of benzene rings is 2. The van der Waals surface area contributed by atoms with E-state index in [0.29, 0.717) is 0 Å². The van der Waals surface area contributed by atoms with Crippen LogP contribution in [-0.2, 0) is 30.4 Å². The number of methoxy groups -OCH3 is 1. The van der Waals surface area contributed by atoms with Crippen molar-refractivity contribution in [2.45, 2.75) is 59.3 Å². The average molecular weight is 361 g/mol. The van der Waals surface area contributed by atoms with Crippen molar-refractivity contribution in [3.63, 3.8) is 0 Å². The van der Waals surface area contributed by atoms with Gasteiger partial charge in [0.25, 0.3) is 0 Å². The topological polar surface area (TPSA) is 9.23 Å². The van der Waals surface area contributed by atoms with Gasteiger partial charge in [-0.15, -0.1) is 0 Å². The van der Waals surface area contributed by atoms with Gasteiger partial charge in [0, 0.05) is 6.42 Å². The molecule has 1 heteroatoms. The molecular weight excluding hydrogens is 328 g/mol. The number of hydrogen-bond acceptors (Lipinski definition) is 1. The molecule has 2 aromatic rings. The largest absolute Gasteiger partial charge is 0.501 e. The van der Waals surface area contributed by atoms with Gasteiger partial charge in [0.15, 0.2) is 0 Å². The molecule has 0 atom stereocenters. The molecule has 0 saturated heterocycles. The highest BCUT2D eigenvalue weighted by atomic mass is 16.5. The summed E-state index contributed by atoms with van der Waals surface area (Å²) in [5, 5.41) is 0. The van der Waals surface area contributed by atoms with Crippen LogP contribution in [0.2, 0.25) is 0 Å². The number of hydrogen-bond donors (Lipinski definition) is 0. The molecule has 0 unspecified atom stereocenters. The fourth-order valence-electron chi connectivity index (χ4n) is 4.25. The maximum Gasteiger partial charge on any atom is 0.0927 e. The molecule has 2 aromatic carbocycles. The predicted octanol–water partition coefficient (Wildman–Crippen LogP) is 6.53. The second-order valence-corrected chi connectivity index (χ2v) is 7.76.